The number of nitrogens with zero attached hydrogens (tertiary/aromatic N) is 1. The zero-order valence-electron chi connectivity index (χ0n) is 16.0. The molecule has 0 amide bonds. The average Bonchev–Trinajstić information content (AvgIpc) is 3.15. The van der Waals surface area contributed by atoms with Crippen molar-refractivity contribution in [1.82, 2.24) is 10.6 Å². The van der Waals surface area contributed by atoms with Crippen LogP contribution in [0.2, 0.25) is 0 Å². The Bertz CT molecular complexity index is 686. The topological polar surface area (TPSA) is 54.9 Å². The molecule has 0 aliphatic heterocycles. The van der Waals surface area contributed by atoms with Crippen LogP contribution in [0.4, 0.5) is 0 Å². The first-order valence-electron chi connectivity index (χ1n) is 9.14. The van der Waals surface area contributed by atoms with Gasteiger partial charge in [0.1, 0.15) is 0 Å². The number of hydrogen-bond donors (Lipinski definition) is 2. The number of benzene rings is 1. The molecule has 2 N–H and O–H groups in total. The van der Waals surface area contributed by atoms with Crippen LogP contribution in [-0.2, 0) is 6.54 Å². The van der Waals surface area contributed by atoms with Crippen molar-refractivity contribution in [3.63, 3.8) is 0 Å². The molecule has 1 unspecified atom stereocenters. The van der Waals surface area contributed by atoms with Gasteiger partial charge in [-0.15, -0.1) is 11.3 Å². The summed E-state index contributed by atoms with van der Waals surface area (Å²) in [5, 5.41) is 8.84. The first-order valence-corrected chi connectivity index (χ1v) is 10.0. The Morgan fingerprint density at radius 1 is 1.12 bits per heavy atom. The highest BCUT2D eigenvalue weighted by Gasteiger charge is 2.12. The molecular formula is C20H29N3O2S. The quantitative estimate of drug-likeness (QED) is 0.505. The maximum atomic E-state index is 5.73. The molecule has 6 heteroatoms. The lowest BCUT2D eigenvalue weighted by atomic mass is 10.1. The van der Waals surface area contributed by atoms with Crippen LogP contribution in [0.5, 0.6) is 11.5 Å². The van der Waals surface area contributed by atoms with Gasteiger partial charge in [0.2, 0.25) is 0 Å². The summed E-state index contributed by atoms with van der Waals surface area (Å²) in [6, 6.07) is 10.3. The summed E-state index contributed by atoms with van der Waals surface area (Å²) in [5.41, 5.74) is 1.12. The van der Waals surface area contributed by atoms with Crippen LogP contribution in [0.3, 0.4) is 0 Å². The van der Waals surface area contributed by atoms with Crippen LogP contribution in [-0.4, -0.2) is 25.7 Å². The average molecular weight is 376 g/mol. The molecule has 1 heterocycles. The molecule has 5 nitrogen and oxygen atoms in total. The third-order valence-electron chi connectivity index (χ3n) is 3.74. The number of ether oxygens (including phenoxy) is 2. The van der Waals surface area contributed by atoms with Gasteiger partial charge in [-0.3, -0.25) is 0 Å². The van der Waals surface area contributed by atoms with Crippen molar-refractivity contribution in [2.75, 3.05) is 19.8 Å². The van der Waals surface area contributed by atoms with Gasteiger partial charge < -0.3 is 20.1 Å². The Hall–Kier alpha value is -2.21. The molecule has 26 heavy (non-hydrogen) atoms. The molecule has 0 radical (unpaired) electrons. The Morgan fingerprint density at radius 2 is 1.88 bits per heavy atom. The van der Waals surface area contributed by atoms with E-state index < -0.39 is 0 Å². The maximum absolute atomic E-state index is 5.73. The van der Waals surface area contributed by atoms with Gasteiger partial charge in [-0.25, -0.2) is 4.99 Å². The van der Waals surface area contributed by atoms with Gasteiger partial charge in [0, 0.05) is 11.4 Å². The van der Waals surface area contributed by atoms with E-state index >= 15 is 0 Å². The summed E-state index contributed by atoms with van der Waals surface area (Å²) >= 11 is 1.72. The molecule has 142 valence electrons. The SMILES string of the molecule is CCNC(=NCc1cccs1)NC(C)c1ccc(OCC)c(OCC)c1. The molecule has 1 aromatic heterocycles. The smallest absolute Gasteiger partial charge is 0.192 e. The van der Waals surface area contributed by atoms with Gasteiger partial charge in [0.05, 0.1) is 25.8 Å². The second-order valence-electron chi connectivity index (χ2n) is 5.71. The van der Waals surface area contributed by atoms with Gasteiger partial charge >= 0.3 is 0 Å². The lowest BCUT2D eigenvalue weighted by Gasteiger charge is -2.20. The van der Waals surface area contributed by atoms with E-state index in [4.69, 9.17) is 9.47 Å². The monoisotopic (exact) mass is 375 g/mol. The number of aliphatic imine (C=N–C) groups is 1. The second-order valence-corrected chi connectivity index (χ2v) is 6.74. The summed E-state index contributed by atoms with van der Waals surface area (Å²) in [5.74, 6) is 2.37. The normalized spacial score (nSPS) is 12.5. The zero-order valence-corrected chi connectivity index (χ0v) is 16.9. The summed E-state index contributed by atoms with van der Waals surface area (Å²) in [6.45, 7) is 10.8. The predicted molar refractivity (Wildman–Crippen MR) is 109 cm³/mol. The molecule has 0 bridgehead atoms. The van der Waals surface area contributed by atoms with Crippen LogP contribution in [0, 0.1) is 0 Å². The van der Waals surface area contributed by atoms with Crippen molar-refractivity contribution in [2.45, 2.75) is 40.3 Å². The largest absolute Gasteiger partial charge is 0.490 e. The van der Waals surface area contributed by atoms with Crippen molar-refractivity contribution in [2.24, 2.45) is 4.99 Å². The van der Waals surface area contributed by atoms with E-state index in [0.29, 0.717) is 19.8 Å². The third kappa shape index (κ3) is 5.95. The lowest BCUT2D eigenvalue weighted by Crippen LogP contribution is -2.38. The van der Waals surface area contributed by atoms with Crippen molar-refractivity contribution in [3.05, 3.63) is 46.2 Å². The fraction of sp³-hybridized carbons (Fsp3) is 0.450. The molecule has 1 atom stereocenters. The van der Waals surface area contributed by atoms with Crippen molar-refractivity contribution in [3.8, 4) is 11.5 Å². The van der Waals surface area contributed by atoms with Gasteiger partial charge in [0.25, 0.3) is 0 Å². The zero-order chi connectivity index (χ0) is 18.8. The minimum Gasteiger partial charge on any atom is -0.490 e. The summed E-state index contributed by atoms with van der Waals surface area (Å²) in [7, 11) is 0. The third-order valence-corrected chi connectivity index (χ3v) is 4.60. The van der Waals surface area contributed by atoms with Crippen LogP contribution in [0.1, 0.15) is 44.2 Å². The van der Waals surface area contributed by atoms with Crippen LogP contribution in [0.15, 0.2) is 40.7 Å². The highest BCUT2D eigenvalue weighted by atomic mass is 32.1. The van der Waals surface area contributed by atoms with E-state index in [1.54, 1.807) is 11.3 Å². The molecule has 0 aliphatic rings. The van der Waals surface area contributed by atoms with Crippen molar-refractivity contribution < 1.29 is 9.47 Å². The maximum Gasteiger partial charge on any atom is 0.192 e. The van der Waals surface area contributed by atoms with Crippen molar-refractivity contribution in [1.29, 1.82) is 0 Å². The van der Waals surface area contributed by atoms with E-state index in [-0.39, 0.29) is 6.04 Å². The molecule has 2 aromatic rings. The second kappa shape index (κ2) is 10.7. The molecule has 0 saturated heterocycles. The van der Waals surface area contributed by atoms with Gasteiger partial charge in [-0.2, -0.15) is 0 Å². The number of hydrogen-bond acceptors (Lipinski definition) is 4. The van der Waals surface area contributed by atoms with E-state index in [1.165, 1.54) is 4.88 Å². The molecule has 0 spiro atoms. The van der Waals surface area contributed by atoms with Crippen LogP contribution in [0.25, 0.3) is 0 Å². The lowest BCUT2D eigenvalue weighted by molar-refractivity contribution is 0.287. The summed E-state index contributed by atoms with van der Waals surface area (Å²) < 4.78 is 11.4. The molecule has 1 aromatic carbocycles. The molecule has 0 aliphatic carbocycles. The Labute approximate surface area is 160 Å². The fourth-order valence-electron chi connectivity index (χ4n) is 2.50. The first kappa shape index (κ1) is 20.1. The summed E-state index contributed by atoms with van der Waals surface area (Å²) in [6.07, 6.45) is 0. The molecule has 2 rings (SSSR count). The Balaban J connectivity index is 2.11. The van der Waals surface area contributed by atoms with Crippen LogP contribution >= 0.6 is 11.3 Å². The van der Waals surface area contributed by atoms with Gasteiger partial charge in [0.15, 0.2) is 17.5 Å². The highest BCUT2D eigenvalue weighted by molar-refractivity contribution is 7.09. The molecule has 0 fully saturated rings. The van der Waals surface area contributed by atoms with E-state index in [2.05, 4.69) is 47.0 Å². The minimum atomic E-state index is 0.0889. The number of thiophene rings is 1. The van der Waals surface area contributed by atoms with Crippen LogP contribution < -0.4 is 20.1 Å². The van der Waals surface area contributed by atoms with E-state index in [1.807, 2.05) is 32.0 Å². The van der Waals surface area contributed by atoms with Gasteiger partial charge in [-0.1, -0.05) is 12.1 Å². The van der Waals surface area contributed by atoms with Crippen molar-refractivity contribution >= 4 is 17.3 Å². The number of nitrogens with one attached hydrogen (secondary N) is 2. The fourth-order valence-corrected chi connectivity index (χ4v) is 3.13. The van der Waals surface area contributed by atoms with Gasteiger partial charge in [-0.05, 0) is 56.8 Å². The Morgan fingerprint density at radius 3 is 2.54 bits per heavy atom. The standard InChI is InChI=1S/C20H29N3O2S/c1-5-21-20(22-14-17-9-8-12-26-17)23-15(4)16-10-11-18(24-6-2)19(13-16)25-7-3/h8-13,15H,5-7,14H2,1-4H3,(H2,21,22,23). The summed E-state index contributed by atoms with van der Waals surface area (Å²) in [4.78, 5) is 5.92. The number of guanidine groups is 1. The number of rotatable bonds is 9. The highest BCUT2D eigenvalue weighted by Crippen LogP contribution is 2.30. The van der Waals surface area contributed by atoms with E-state index in [9.17, 15) is 0 Å². The van der Waals surface area contributed by atoms with E-state index in [0.717, 1.165) is 29.6 Å². The minimum absolute atomic E-state index is 0.0889. The molecular weight excluding hydrogens is 346 g/mol. The Kier molecular flexibility index (Phi) is 8.28. The molecule has 0 saturated carbocycles. The first-order chi connectivity index (χ1) is 12.7. The predicted octanol–water partition coefficient (Wildman–Crippen LogP) is 4.36.